The molecule has 0 saturated carbocycles. The summed E-state index contributed by atoms with van der Waals surface area (Å²) in [5, 5.41) is 0. The van der Waals surface area contributed by atoms with E-state index < -0.39 is 0 Å². The molecule has 0 aromatic heterocycles. The van der Waals surface area contributed by atoms with Gasteiger partial charge in [0.25, 0.3) is 0 Å². The molecule has 1 heterocycles. The van der Waals surface area contributed by atoms with Crippen LogP contribution in [0.4, 0.5) is 0 Å². The Morgan fingerprint density at radius 2 is 1.67 bits per heavy atom. The number of likely N-dealkylation sites (tertiary alicyclic amines) is 1. The van der Waals surface area contributed by atoms with Gasteiger partial charge in [0.2, 0.25) is 0 Å². The van der Waals surface area contributed by atoms with Gasteiger partial charge in [0.15, 0.2) is 0 Å². The van der Waals surface area contributed by atoms with Gasteiger partial charge < -0.3 is 4.90 Å². The van der Waals surface area contributed by atoms with Crippen LogP contribution in [0.2, 0.25) is 0 Å². The molecule has 15 heavy (non-hydrogen) atoms. The van der Waals surface area contributed by atoms with Gasteiger partial charge in [0.1, 0.15) is 0 Å². The topological polar surface area (TPSA) is 6.48 Å². The van der Waals surface area contributed by atoms with E-state index in [1.54, 1.807) is 0 Å². The molecule has 0 N–H and O–H groups in total. The summed E-state index contributed by atoms with van der Waals surface area (Å²) in [6.45, 7) is 15.3. The lowest BCUT2D eigenvalue weighted by Crippen LogP contribution is -2.62. The minimum atomic E-state index is 0.744. The van der Waals surface area contributed by atoms with Crippen LogP contribution in [0.15, 0.2) is 0 Å². The van der Waals surface area contributed by atoms with E-state index in [1.165, 1.54) is 19.6 Å². The lowest BCUT2D eigenvalue weighted by Gasteiger charge is -2.48. The van der Waals surface area contributed by atoms with Crippen LogP contribution in [0, 0.1) is 11.8 Å². The average Bonchev–Trinajstić information content (AvgIpc) is 1.99. The number of hydrogen-bond donors (Lipinski definition) is 0. The van der Waals surface area contributed by atoms with Gasteiger partial charge in [-0.2, -0.15) is 0 Å². The van der Waals surface area contributed by atoms with Crippen LogP contribution in [0.1, 0.15) is 34.6 Å². The van der Waals surface area contributed by atoms with E-state index in [1.807, 2.05) is 0 Å². The molecule has 0 aromatic carbocycles. The molecular formula is C13H28N2. The van der Waals surface area contributed by atoms with Crippen molar-refractivity contribution in [3.63, 3.8) is 0 Å². The van der Waals surface area contributed by atoms with E-state index >= 15 is 0 Å². The van der Waals surface area contributed by atoms with E-state index in [2.05, 4.69) is 51.5 Å². The van der Waals surface area contributed by atoms with Crippen molar-refractivity contribution in [3.8, 4) is 0 Å². The van der Waals surface area contributed by atoms with Gasteiger partial charge in [-0.3, -0.25) is 4.90 Å². The third-order valence-electron chi connectivity index (χ3n) is 3.71. The van der Waals surface area contributed by atoms with Crippen molar-refractivity contribution in [3.05, 3.63) is 0 Å². The zero-order valence-corrected chi connectivity index (χ0v) is 11.3. The average molecular weight is 212 g/mol. The Morgan fingerprint density at radius 3 is 2.07 bits per heavy atom. The molecule has 1 rings (SSSR count). The van der Waals surface area contributed by atoms with Gasteiger partial charge in [0, 0.05) is 31.7 Å². The summed E-state index contributed by atoms with van der Waals surface area (Å²) >= 11 is 0. The van der Waals surface area contributed by atoms with E-state index in [0.717, 1.165) is 23.9 Å². The molecule has 1 atom stereocenters. The number of hydrogen-bond acceptors (Lipinski definition) is 2. The molecule has 1 fully saturated rings. The van der Waals surface area contributed by atoms with E-state index in [4.69, 9.17) is 0 Å². The Bertz CT molecular complexity index is 183. The highest BCUT2D eigenvalue weighted by atomic mass is 15.3. The smallest absolute Gasteiger partial charge is 0.0347 e. The van der Waals surface area contributed by atoms with Crippen molar-refractivity contribution in [1.29, 1.82) is 0 Å². The Morgan fingerprint density at radius 1 is 1.13 bits per heavy atom. The van der Waals surface area contributed by atoms with Crippen LogP contribution in [0.3, 0.4) is 0 Å². The summed E-state index contributed by atoms with van der Waals surface area (Å²) in [5.41, 5.74) is 0. The number of rotatable bonds is 5. The summed E-state index contributed by atoms with van der Waals surface area (Å²) in [5.74, 6) is 1.56. The lowest BCUT2D eigenvalue weighted by atomic mass is 9.97. The predicted molar refractivity (Wildman–Crippen MR) is 67.1 cm³/mol. The molecule has 1 aliphatic heterocycles. The van der Waals surface area contributed by atoms with E-state index in [0.29, 0.717) is 0 Å². The third kappa shape index (κ3) is 3.46. The first-order chi connectivity index (χ1) is 6.91. The van der Waals surface area contributed by atoms with Gasteiger partial charge in [0.05, 0.1) is 0 Å². The number of likely N-dealkylation sites (N-methyl/N-ethyl adjacent to an activating group) is 1. The largest absolute Gasteiger partial charge is 0.301 e. The van der Waals surface area contributed by atoms with Crippen LogP contribution in [-0.4, -0.2) is 48.6 Å². The quantitative estimate of drug-likeness (QED) is 0.690. The van der Waals surface area contributed by atoms with Crippen LogP contribution in [0.5, 0.6) is 0 Å². The minimum absolute atomic E-state index is 0.744. The maximum absolute atomic E-state index is 2.60. The molecule has 1 saturated heterocycles. The molecule has 0 spiro atoms. The number of nitrogens with zero attached hydrogens (tertiary/aromatic N) is 2. The monoisotopic (exact) mass is 212 g/mol. The van der Waals surface area contributed by atoms with E-state index in [-0.39, 0.29) is 0 Å². The van der Waals surface area contributed by atoms with Gasteiger partial charge in [-0.05, 0) is 25.8 Å². The summed E-state index contributed by atoms with van der Waals surface area (Å²) < 4.78 is 0. The van der Waals surface area contributed by atoms with Gasteiger partial charge in [-0.1, -0.05) is 27.7 Å². The maximum Gasteiger partial charge on any atom is 0.0347 e. The second kappa shape index (κ2) is 5.31. The fraction of sp³-hybridized carbons (Fsp3) is 1.00. The third-order valence-corrected chi connectivity index (χ3v) is 3.71. The van der Waals surface area contributed by atoms with Gasteiger partial charge in [-0.25, -0.2) is 0 Å². The van der Waals surface area contributed by atoms with Crippen molar-refractivity contribution in [2.24, 2.45) is 11.8 Å². The van der Waals surface area contributed by atoms with E-state index in [9.17, 15) is 0 Å². The van der Waals surface area contributed by atoms with Crippen molar-refractivity contribution in [2.75, 3.05) is 26.7 Å². The van der Waals surface area contributed by atoms with Gasteiger partial charge in [-0.15, -0.1) is 0 Å². The molecule has 0 bridgehead atoms. The highest BCUT2D eigenvalue weighted by Gasteiger charge is 2.33. The Kier molecular flexibility index (Phi) is 4.60. The van der Waals surface area contributed by atoms with Crippen LogP contribution in [0.25, 0.3) is 0 Å². The van der Waals surface area contributed by atoms with Crippen LogP contribution >= 0.6 is 0 Å². The molecule has 2 heteroatoms. The highest BCUT2D eigenvalue weighted by molar-refractivity contribution is 4.90. The second-order valence-electron chi connectivity index (χ2n) is 5.93. The fourth-order valence-corrected chi connectivity index (χ4v) is 2.25. The Balaban J connectivity index is 2.25. The summed E-state index contributed by atoms with van der Waals surface area (Å²) in [4.78, 5) is 5.13. The highest BCUT2D eigenvalue weighted by Crippen LogP contribution is 2.21. The Labute approximate surface area is 95.6 Å². The molecule has 2 nitrogen and oxygen atoms in total. The van der Waals surface area contributed by atoms with Crippen molar-refractivity contribution >= 4 is 0 Å². The van der Waals surface area contributed by atoms with Crippen LogP contribution < -0.4 is 0 Å². The summed E-state index contributed by atoms with van der Waals surface area (Å²) in [6.07, 6.45) is 0. The maximum atomic E-state index is 2.60. The summed E-state index contributed by atoms with van der Waals surface area (Å²) in [6, 6.07) is 1.54. The lowest BCUT2D eigenvalue weighted by molar-refractivity contribution is 0.00412. The molecule has 1 unspecified atom stereocenters. The van der Waals surface area contributed by atoms with Crippen molar-refractivity contribution < 1.29 is 0 Å². The molecule has 0 amide bonds. The normalized spacial score (nSPS) is 21.4. The first kappa shape index (κ1) is 13.0. The van der Waals surface area contributed by atoms with Crippen molar-refractivity contribution in [2.45, 2.75) is 46.7 Å². The molecule has 90 valence electrons. The second-order valence-corrected chi connectivity index (χ2v) is 5.93. The predicted octanol–water partition coefficient (Wildman–Crippen LogP) is 2.30. The molecule has 1 aliphatic rings. The SMILES string of the molecule is CC(C)CN(C)C1CN(C(C)C(C)C)C1. The fourth-order valence-electron chi connectivity index (χ4n) is 2.25. The standard InChI is InChI=1S/C13H28N2/c1-10(2)7-14(6)13-8-15(9-13)12(5)11(3)4/h10-13H,7-9H2,1-6H3. The Hall–Kier alpha value is -0.0800. The first-order valence-corrected chi connectivity index (χ1v) is 6.36. The molecule has 0 aromatic rings. The molecule has 0 radical (unpaired) electrons. The molecular weight excluding hydrogens is 184 g/mol. The first-order valence-electron chi connectivity index (χ1n) is 6.36. The molecule has 0 aliphatic carbocycles. The van der Waals surface area contributed by atoms with Crippen LogP contribution in [-0.2, 0) is 0 Å². The zero-order valence-electron chi connectivity index (χ0n) is 11.3. The minimum Gasteiger partial charge on any atom is -0.301 e. The van der Waals surface area contributed by atoms with Gasteiger partial charge >= 0.3 is 0 Å². The zero-order chi connectivity index (χ0) is 11.6. The summed E-state index contributed by atoms with van der Waals surface area (Å²) in [7, 11) is 2.27. The van der Waals surface area contributed by atoms with Crippen molar-refractivity contribution in [1.82, 2.24) is 9.80 Å².